The topological polar surface area (TPSA) is 59.3 Å². The Morgan fingerprint density at radius 2 is 1.85 bits per heavy atom. The van der Waals surface area contributed by atoms with Crippen LogP contribution in [-0.2, 0) is 0 Å². The minimum Gasteiger partial charge on any atom is -0.455 e. The summed E-state index contributed by atoms with van der Waals surface area (Å²) in [5, 5.41) is 3.77. The zero-order valence-electron chi connectivity index (χ0n) is 15.6. The van der Waals surface area contributed by atoms with Crippen LogP contribution in [0.15, 0.2) is 46.9 Å². The summed E-state index contributed by atoms with van der Waals surface area (Å²) in [6.07, 6.45) is 0. The average Bonchev–Trinajstić information content (AvgIpc) is 2.98. The van der Waals surface area contributed by atoms with Crippen molar-refractivity contribution in [2.45, 2.75) is 27.7 Å². The van der Waals surface area contributed by atoms with E-state index in [1.54, 1.807) is 13.0 Å². The molecule has 1 aromatic heterocycles. The maximum absolute atomic E-state index is 12.9. The van der Waals surface area contributed by atoms with Gasteiger partial charge in [-0.05, 0) is 37.5 Å². The highest BCUT2D eigenvalue weighted by Crippen LogP contribution is 2.35. The Kier molecular flexibility index (Phi) is 4.94. The quantitative estimate of drug-likeness (QED) is 0.660. The molecule has 0 fully saturated rings. The second-order valence-electron chi connectivity index (χ2n) is 6.99. The van der Waals surface area contributed by atoms with E-state index in [1.165, 1.54) is 0 Å². The SMILES string of the molecule is CC(=O)c1ccc(-c2oc3ccccc3c2C(=O)NCC(C)C)c(C)c1. The predicted octanol–water partition coefficient (Wildman–Crippen LogP) is 5.00. The van der Waals surface area contributed by atoms with Crippen molar-refractivity contribution in [2.75, 3.05) is 6.54 Å². The molecule has 0 unspecified atom stereocenters. The average molecular weight is 349 g/mol. The maximum Gasteiger partial charge on any atom is 0.255 e. The van der Waals surface area contributed by atoms with Gasteiger partial charge in [0, 0.05) is 23.1 Å². The Morgan fingerprint density at radius 1 is 1.12 bits per heavy atom. The lowest BCUT2D eigenvalue weighted by atomic mass is 9.98. The van der Waals surface area contributed by atoms with Crippen LogP contribution in [0.3, 0.4) is 0 Å². The molecule has 2 aromatic carbocycles. The van der Waals surface area contributed by atoms with Crippen LogP contribution >= 0.6 is 0 Å². The molecule has 26 heavy (non-hydrogen) atoms. The lowest BCUT2D eigenvalue weighted by Crippen LogP contribution is -2.27. The third kappa shape index (κ3) is 3.40. The summed E-state index contributed by atoms with van der Waals surface area (Å²) < 4.78 is 6.05. The van der Waals surface area contributed by atoms with Crippen molar-refractivity contribution in [3.05, 3.63) is 59.2 Å². The standard InChI is InChI=1S/C22H23NO3/c1-13(2)12-23-22(25)20-18-7-5-6-8-19(18)26-21(20)17-10-9-16(15(4)24)11-14(17)3/h5-11,13H,12H2,1-4H3,(H,23,25). The number of Topliss-reactive ketones (excluding diaryl/α,β-unsaturated/α-hetero) is 1. The third-order valence-corrected chi connectivity index (χ3v) is 4.37. The van der Waals surface area contributed by atoms with Crippen LogP contribution in [0.4, 0.5) is 0 Å². The van der Waals surface area contributed by atoms with Gasteiger partial charge in [-0.1, -0.05) is 44.2 Å². The van der Waals surface area contributed by atoms with Crippen LogP contribution in [0.5, 0.6) is 0 Å². The van der Waals surface area contributed by atoms with E-state index >= 15 is 0 Å². The lowest BCUT2D eigenvalue weighted by Gasteiger charge is -2.10. The molecule has 0 aliphatic rings. The summed E-state index contributed by atoms with van der Waals surface area (Å²) in [7, 11) is 0. The molecule has 1 N–H and O–H groups in total. The molecule has 0 atom stereocenters. The monoisotopic (exact) mass is 349 g/mol. The number of para-hydroxylation sites is 1. The molecule has 3 rings (SSSR count). The first-order chi connectivity index (χ1) is 12.4. The molecule has 134 valence electrons. The van der Waals surface area contributed by atoms with Gasteiger partial charge in [-0.2, -0.15) is 0 Å². The van der Waals surface area contributed by atoms with Crippen LogP contribution in [0.2, 0.25) is 0 Å². The molecule has 4 heteroatoms. The number of aryl methyl sites for hydroxylation is 1. The van der Waals surface area contributed by atoms with Gasteiger partial charge in [-0.15, -0.1) is 0 Å². The van der Waals surface area contributed by atoms with Gasteiger partial charge in [0.05, 0.1) is 5.56 Å². The van der Waals surface area contributed by atoms with Gasteiger partial charge < -0.3 is 9.73 Å². The molecule has 0 radical (unpaired) electrons. The van der Waals surface area contributed by atoms with E-state index < -0.39 is 0 Å². The smallest absolute Gasteiger partial charge is 0.255 e. The number of carbonyl (C=O) groups is 2. The molecule has 0 saturated heterocycles. The van der Waals surface area contributed by atoms with E-state index in [2.05, 4.69) is 19.2 Å². The minimum absolute atomic E-state index is 0.0131. The zero-order valence-corrected chi connectivity index (χ0v) is 15.6. The molecule has 0 saturated carbocycles. The molecule has 0 aliphatic heterocycles. The highest BCUT2D eigenvalue weighted by atomic mass is 16.3. The summed E-state index contributed by atoms with van der Waals surface area (Å²) in [5.41, 5.74) is 3.58. The van der Waals surface area contributed by atoms with Crippen molar-refractivity contribution in [2.24, 2.45) is 5.92 Å². The molecule has 0 bridgehead atoms. The maximum atomic E-state index is 12.9. The van der Waals surface area contributed by atoms with Crippen molar-refractivity contribution in [1.29, 1.82) is 0 Å². The lowest BCUT2D eigenvalue weighted by molar-refractivity contribution is 0.0949. The third-order valence-electron chi connectivity index (χ3n) is 4.37. The fraction of sp³-hybridized carbons (Fsp3) is 0.273. The number of carbonyl (C=O) groups excluding carboxylic acids is 2. The van der Waals surface area contributed by atoms with E-state index in [-0.39, 0.29) is 11.7 Å². The number of nitrogens with one attached hydrogen (secondary N) is 1. The van der Waals surface area contributed by atoms with Gasteiger partial charge in [0.2, 0.25) is 0 Å². The second kappa shape index (κ2) is 7.16. The van der Waals surface area contributed by atoms with Crippen molar-refractivity contribution in [3.63, 3.8) is 0 Å². The molecule has 1 heterocycles. The summed E-state index contributed by atoms with van der Waals surface area (Å²) >= 11 is 0. The van der Waals surface area contributed by atoms with E-state index in [0.29, 0.717) is 34.9 Å². The van der Waals surface area contributed by atoms with E-state index in [0.717, 1.165) is 16.5 Å². The van der Waals surface area contributed by atoms with Gasteiger partial charge in [-0.25, -0.2) is 0 Å². The van der Waals surface area contributed by atoms with Crippen molar-refractivity contribution in [3.8, 4) is 11.3 Å². The normalized spacial score (nSPS) is 11.1. The zero-order chi connectivity index (χ0) is 18.8. The molecular weight excluding hydrogens is 326 g/mol. The first kappa shape index (κ1) is 17.9. The molecular formula is C22H23NO3. The number of benzene rings is 2. The Balaban J connectivity index is 2.15. The molecule has 4 nitrogen and oxygen atoms in total. The number of ketones is 1. The van der Waals surface area contributed by atoms with Crippen LogP contribution in [0.25, 0.3) is 22.3 Å². The molecule has 3 aromatic rings. The van der Waals surface area contributed by atoms with Gasteiger partial charge in [-0.3, -0.25) is 9.59 Å². The minimum atomic E-state index is -0.145. The summed E-state index contributed by atoms with van der Waals surface area (Å²) in [6.45, 7) is 8.17. The highest BCUT2D eigenvalue weighted by molar-refractivity contribution is 6.11. The van der Waals surface area contributed by atoms with Gasteiger partial charge >= 0.3 is 0 Å². The summed E-state index contributed by atoms with van der Waals surface area (Å²) in [4.78, 5) is 24.5. The number of amides is 1. The van der Waals surface area contributed by atoms with Crippen molar-refractivity contribution in [1.82, 2.24) is 5.32 Å². The highest BCUT2D eigenvalue weighted by Gasteiger charge is 2.23. The first-order valence-corrected chi connectivity index (χ1v) is 8.80. The first-order valence-electron chi connectivity index (χ1n) is 8.80. The van der Waals surface area contributed by atoms with E-state index in [4.69, 9.17) is 4.42 Å². The van der Waals surface area contributed by atoms with Crippen LogP contribution in [0, 0.1) is 12.8 Å². The number of fused-ring (bicyclic) bond motifs is 1. The number of furan rings is 1. The van der Waals surface area contributed by atoms with Crippen LogP contribution < -0.4 is 5.32 Å². The summed E-state index contributed by atoms with van der Waals surface area (Å²) in [6, 6.07) is 13.0. The Hall–Kier alpha value is -2.88. The van der Waals surface area contributed by atoms with Gasteiger partial charge in [0.25, 0.3) is 5.91 Å². The second-order valence-corrected chi connectivity index (χ2v) is 6.99. The fourth-order valence-corrected chi connectivity index (χ4v) is 2.98. The Labute approximate surface area is 153 Å². The molecule has 1 amide bonds. The Bertz CT molecular complexity index is 982. The van der Waals surface area contributed by atoms with Crippen molar-refractivity contribution >= 4 is 22.7 Å². The number of rotatable bonds is 5. The van der Waals surface area contributed by atoms with Crippen molar-refractivity contribution < 1.29 is 14.0 Å². The summed E-state index contributed by atoms with van der Waals surface area (Å²) in [5.74, 6) is 0.769. The van der Waals surface area contributed by atoms with Gasteiger partial charge in [0.1, 0.15) is 11.3 Å². The Morgan fingerprint density at radius 3 is 2.50 bits per heavy atom. The van der Waals surface area contributed by atoms with E-state index in [9.17, 15) is 9.59 Å². The fourth-order valence-electron chi connectivity index (χ4n) is 2.98. The largest absolute Gasteiger partial charge is 0.455 e. The van der Waals surface area contributed by atoms with Crippen LogP contribution in [-0.4, -0.2) is 18.2 Å². The van der Waals surface area contributed by atoms with Gasteiger partial charge in [0.15, 0.2) is 5.78 Å². The molecule has 0 aliphatic carbocycles. The number of hydrogen-bond acceptors (Lipinski definition) is 3. The molecule has 0 spiro atoms. The van der Waals surface area contributed by atoms with Crippen LogP contribution in [0.1, 0.15) is 47.1 Å². The predicted molar refractivity (Wildman–Crippen MR) is 104 cm³/mol. The van der Waals surface area contributed by atoms with E-state index in [1.807, 2.05) is 43.3 Å². The number of hydrogen-bond donors (Lipinski definition) is 1.